The topological polar surface area (TPSA) is 106 Å². The summed E-state index contributed by atoms with van der Waals surface area (Å²) in [5, 5.41) is 18.7. The highest BCUT2D eigenvalue weighted by Crippen LogP contribution is 2.09. The third-order valence-corrected chi connectivity index (χ3v) is 3.85. The van der Waals surface area contributed by atoms with E-state index in [0.717, 1.165) is 6.20 Å². The summed E-state index contributed by atoms with van der Waals surface area (Å²) in [6.45, 7) is 1.75. The predicted octanol–water partition coefficient (Wildman–Crippen LogP) is -0.456. The molecule has 110 valence electrons. The smallest absolute Gasteiger partial charge is 0.242 e. The number of nitriles is 1. The number of nitrogens with one attached hydrogen (secondary N) is 1. The number of pyridine rings is 1. The fourth-order valence-corrected chi connectivity index (χ4v) is 2.78. The zero-order valence-corrected chi connectivity index (χ0v) is 12.5. The van der Waals surface area contributed by atoms with Crippen molar-refractivity contribution in [1.29, 1.82) is 5.26 Å². The Bertz CT molecular complexity index is 588. The average Bonchev–Trinajstić information content (AvgIpc) is 2.35. The minimum Gasteiger partial charge on any atom is -0.387 e. The normalized spacial score (nSPS) is 14.8. The standard InChI is InChI=1S/C12H18N4O3S/c1-12(17,9-16(2)3)8-15-20(18,19)11-5-4-10(6-13)14-7-11/h4-5,7,15,17H,8-9H2,1-3H3. The molecule has 7 nitrogen and oxygen atoms in total. The van der Waals surface area contributed by atoms with Crippen LogP contribution in [0.5, 0.6) is 0 Å². The molecule has 0 aromatic carbocycles. The van der Waals surface area contributed by atoms with Crippen LogP contribution in [0, 0.1) is 11.3 Å². The largest absolute Gasteiger partial charge is 0.387 e. The Morgan fingerprint density at radius 3 is 2.60 bits per heavy atom. The van der Waals surface area contributed by atoms with Crippen molar-refractivity contribution in [3.8, 4) is 6.07 Å². The van der Waals surface area contributed by atoms with E-state index in [1.54, 1.807) is 25.9 Å². The highest BCUT2D eigenvalue weighted by atomic mass is 32.2. The van der Waals surface area contributed by atoms with Crippen LogP contribution in [0.25, 0.3) is 0 Å². The van der Waals surface area contributed by atoms with Gasteiger partial charge >= 0.3 is 0 Å². The number of hydrogen-bond donors (Lipinski definition) is 2. The highest BCUT2D eigenvalue weighted by Gasteiger charge is 2.25. The lowest BCUT2D eigenvalue weighted by atomic mass is 10.1. The molecule has 0 bridgehead atoms. The van der Waals surface area contributed by atoms with Crippen molar-refractivity contribution in [2.24, 2.45) is 0 Å². The molecule has 2 N–H and O–H groups in total. The van der Waals surface area contributed by atoms with Gasteiger partial charge in [0.25, 0.3) is 0 Å². The van der Waals surface area contributed by atoms with E-state index >= 15 is 0 Å². The Kier molecular flexibility index (Phi) is 5.19. The molecule has 0 aliphatic rings. The van der Waals surface area contributed by atoms with E-state index in [4.69, 9.17) is 5.26 Å². The fraction of sp³-hybridized carbons (Fsp3) is 0.500. The van der Waals surface area contributed by atoms with Crippen LogP contribution in [0.2, 0.25) is 0 Å². The summed E-state index contributed by atoms with van der Waals surface area (Å²) in [4.78, 5) is 5.42. The third-order valence-electron chi connectivity index (χ3n) is 2.46. The van der Waals surface area contributed by atoms with E-state index in [0.29, 0.717) is 6.54 Å². The van der Waals surface area contributed by atoms with Gasteiger partial charge in [0.1, 0.15) is 16.7 Å². The summed E-state index contributed by atoms with van der Waals surface area (Å²) in [5.41, 5.74) is -1.04. The zero-order chi connectivity index (χ0) is 15.4. The van der Waals surface area contributed by atoms with Crippen LogP contribution in [0.3, 0.4) is 0 Å². The molecular weight excluding hydrogens is 280 g/mol. The SMILES string of the molecule is CN(C)CC(C)(O)CNS(=O)(=O)c1ccc(C#N)nc1. The molecule has 8 heteroatoms. The van der Waals surface area contributed by atoms with Gasteiger partial charge < -0.3 is 10.0 Å². The number of hydrogen-bond acceptors (Lipinski definition) is 6. The quantitative estimate of drug-likeness (QED) is 0.736. The van der Waals surface area contributed by atoms with Crippen LogP contribution in [0.1, 0.15) is 12.6 Å². The first-order valence-corrected chi connectivity index (χ1v) is 7.37. The molecule has 1 unspecified atom stereocenters. The summed E-state index contributed by atoms with van der Waals surface area (Å²) >= 11 is 0. The average molecular weight is 298 g/mol. The van der Waals surface area contributed by atoms with Crippen molar-refractivity contribution in [2.75, 3.05) is 27.2 Å². The van der Waals surface area contributed by atoms with E-state index < -0.39 is 15.6 Å². The molecule has 0 saturated carbocycles. The second-order valence-electron chi connectivity index (χ2n) is 5.05. The van der Waals surface area contributed by atoms with Crippen LogP contribution < -0.4 is 4.72 Å². The molecule has 0 spiro atoms. The van der Waals surface area contributed by atoms with Gasteiger partial charge in [-0.15, -0.1) is 0 Å². The maximum atomic E-state index is 12.0. The van der Waals surface area contributed by atoms with Gasteiger partial charge in [0.05, 0.1) is 5.60 Å². The number of nitrogens with zero attached hydrogens (tertiary/aromatic N) is 3. The van der Waals surface area contributed by atoms with Crippen LogP contribution in [0.15, 0.2) is 23.2 Å². The molecule has 0 aliphatic heterocycles. The minimum absolute atomic E-state index is 0.0443. The van der Waals surface area contributed by atoms with E-state index in [1.807, 2.05) is 6.07 Å². The lowest BCUT2D eigenvalue weighted by Gasteiger charge is -2.26. The second-order valence-corrected chi connectivity index (χ2v) is 6.82. The van der Waals surface area contributed by atoms with Gasteiger partial charge in [-0.25, -0.2) is 18.1 Å². The molecule has 0 saturated heterocycles. The van der Waals surface area contributed by atoms with E-state index in [9.17, 15) is 13.5 Å². The fourth-order valence-electron chi connectivity index (χ4n) is 1.68. The first kappa shape index (κ1) is 16.5. The van der Waals surface area contributed by atoms with Crippen molar-refractivity contribution < 1.29 is 13.5 Å². The van der Waals surface area contributed by atoms with E-state index in [2.05, 4.69) is 9.71 Å². The predicted molar refractivity (Wildman–Crippen MR) is 73.3 cm³/mol. The maximum Gasteiger partial charge on any atom is 0.242 e. The van der Waals surface area contributed by atoms with Gasteiger partial charge in [0.2, 0.25) is 10.0 Å². The summed E-state index contributed by atoms with van der Waals surface area (Å²) in [5.74, 6) is 0. The molecule has 0 amide bonds. The Morgan fingerprint density at radius 2 is 2.15 bits per heavy atom. The molecule has 1 atom stereocenters. The van der Waals surface area contributed by atoms with Gasteiger partial charge in [-0.05, 0) is 33.2 Å². The Balaban J connectivity index is 2.77. The molecule has 1 heterocycles. The number of aromatic nitrogens is 1. The van der Waals surface area contributed by atoms with Crippen LogP contribution in [0.4, 0.5) is 0 Å². The van der Waals surface area contributed by atoms with Crippen LogP contribution >= 0.6 is 0 Å². The zero-order valence-electron chi connectivity index (χ0n) is 11.7. The monoisotopic (exact) mass is 298 g/mol. The van der Waals surface area contributed by atoms with Gasteiger partial charge in [0, 0.05) is 19.3 Å². The lowest BCUT2D eigenvalue weighted by Crippen LogP contribution is -2.47. The van der Waals surface area contributed by atoms with Crippen LogP contribution in [-0.4, -0.2) is 56.2 Å². The van der Waals surface area contributed by atoms with Crippen molar-refractivity contribution in [1.82, 2.24) is 14.6 Å². The molecule has 1 aromatic heterocycles. The third kappa shape index (κ3) is 4.86. The Hall–Kier alpha value is -1.53. The minimum atomic E-state index is -3.75. The lowest BCUT2D eigenvalue weighted by molar-refractivity contribution is 0.0386. The number of rotatable bonds is 6. The van der Waals surface area contributed by atoms with Crippen molar-refractivity contribution in [3.63, 3.8) is 0 Å². The Labute approximate surface area is 118 Å². The van der Waals surface area contributed by atoms with E-state index in [-0.39, 0.29) is 17.1 Å². The molecule has 0 radical (unpaired) electrons. The maximum absolute atomic E-state index is 12.0. The number of aliphatic hydroxyl groups is 1. The van der Waals surface area contributed by atoms with Crippen molar-refractivity contribution in [2.45, 2.75) is 17.4 Å². The molecule has 0 fully saturated rings. The molecule has 20 heavy (non-hydrogen) atoms. The van der Waals surface area contributed by atoms with Crippen LogP contribution in [-0.2, 0) is 10.0 Å². The summed E-state index contributed by atoms with van der Waals surface area (Å²) in [6.07, 6.45) is 1.11. The first-order valence-electron chi connectivity index (χ1n) is 5.89. The molecule has 1 rings (SSSR count). The van der Waals surface area contributed by atoms with Gasteiger partial charge in [-0.2, -0.15) is 5.26 Å². The summed E-state index contributed by atoms with van der Waals surface area (Å²) in [7, 11) is -0.184. The number of sulfonamides is 1. The number of likely N-dealkylation sites (N-methyl/N-ethyl adjacent to an activating group) is 1. The summed E-state index contributed by atoms with van der Waals surface area (Å²) in [6, 6.07) is 4.44. The second kappa shape index (κ2) is 6.28. The molecule has 0 aliphatic carbocycles. The van der Waals surface area contributed by atoms with E-state index in [1.165, 1.54) is 12.1 Å². The van der Waals surface area contributed by atoms with Crippen molar-refractivity contribution >= 4 is 10.0 Å². The van der Waals surface area contributed by atoms with Gasteiger partial charge in [0.15, 0.2) is 0 Å². The molecule has 1 aromatic rings. The van der Waals surface area contributed by atoms with Crippen molar-refractivity contribution in [3.05, 3.63) is 24.0 Å². The Morgan fingerprint density at radius 1 is 1.50 bits per heavy atom. The van der Waals surface area contributed by atoms with Gasteiger partial charge in [-0.1, -0.05) is 0 Å². The summed E-state index contributed by atoms with van der Waals surface area (Å²) < 4.78 is 26.3. The van der Waals surface area contributed by atoms with Gasteiger partial charge in [-0.3, -0.25) is 0 Å². The first-order chi connectivity index (χ1) is 9.16. The highest BCUT2D eigenvalue weighted by molar-refractivity contribution is 7.89. The molecular formula is C12H18N4O3S.